The minimum absolute atomic E-state index is 0. The Morgan fingerprint density at radius 2 is 0.429 bits per heavy atom. The summed E-state index contributed by atoms with van der Waals surface area (Å²) in [6.45, 7) is 0. The van der Waals surface area contributed by atoms with Crippen LogP contribution >= 0.6 is 0 Å². The molecule has 0 aliphatic rings. The van der Waals surface area contributed by atoms with E-state index in [9.17, 15) is 0 Å². The zero-order chi connectivity index (χ0) is 0. The molecule has 50 valence electrons. The van der Waals surface area contributed by atoms with Crippen molar-refractivity contribution in [2.75, 3.05) is 0 Å². The van der Waals surface area contributed by atoms with Crippen LogP contribution in [0.2, 0.25) is 0 Å². The van der Waals surface area contributed by atoms with Crippen LogP contribution in [0.5, 0.6) is 0 Å². The summed E-state index contributed by atoms with van der Waals surface area (Å²) in [5.41, 5.74) is 0. The maximum Gasteiger partial charge on any atom is 4.00 e. The molecule has 0 rings (SSSR count). The summed E-state index contributed by atoms with van der Waals surface area (Å²) < 4.78 is 0. The van der Waals surface area contributed by atoms with Crippen LogP contribution in [0.4, 0.5) is 0 Å². The Balaban J connectivity index is 0. The standard InChI is InChI=1S/6FH.W/h6*1H;/q;;;;;;+4/p-5. The van der Waals surface area contributed by atoms with Gasteiger partial charge in [0.2, 0.25) is 0 Å². The van der Waals surface area contributed by atoms with Crippen molar-refractivity contribution in [1.29, 1.82) is 0 Å². The number of hydrogen-bond donors (Lipinski definition) is 0. The molecule has 0 N–H and O–H groups in total. The van der Waals surface area contributed by atoms with E-state index in [1.54, 1.807) is 0 Å². The SMILES string of the molecule is [F-].[F-].[F-].[F-].[F-].[F-].[H+].[W+4]. The second kappa shape index (κ2) is 2420. The van der Waals surface area contributed by atoms with Gasteiger partial charge in [0.1, 0.15) is 0 Å². The van der Waals surface area contributed by atoms with Gasteiger partial charge in [-0.1, -0.05) is 0 Å². The molecule has 0 saturated carbocycles. The van der Waals surface area contributed by atoms with E-state index < -0.39 is 0 Å². The van der Waals surface area contributed by atoms with Crippen LogP contribution in [-0.2, 0) is 21.1 Å². The van der Waals surface area contributed by atoms with E-state index in [0.717, 1.165) is 0 Å². The van der Waals surface area contributed by atoms with Crippen LogP contribution in [0.15, 0.2) is 0 Å². The van der Waals surface area contributed by atoms with Crippen molar-refractivity contribution >= 4 is 0 Å². The summed E-state index contributed by atoms with van der Waals surface area (Å²) >= 11 is 0. The fourth-order valence-electron chi connectivity index (χ4n) is 0. The summed E-state index contributed by atoms with van der Waals surface area (Å²) in [7, 11) is 0. The minimum atomic E-state index is 0. The van der Waals surface area contributed by atoms with Gasteiger partial charge in [0.15, 0.2) is 0 Å². The summed E-state index contributed by atoms with van der Waals surface area (Å²) in [4.78, 5) is 0. The first-order chi connectivity index (χ1) is 0. The van der Waals surface area contributed by atoms with E-state index >= 15 is 0 Å². The van der Waals surface area contributed by atoms with Gasteiger partial charge in [-0.05, 0) is 0 Å². The van der Waals surface area contributed by atoms with Crippen molar-refractivity contribution in [2.24, 2.45) is 0 Å². The molecule has 0 unspecified atom stereocenters. The molecule has 0 aromatic heterocycles. The minimum Gasteiger partial charge on any atom is -1.00 e. The average molecular weight is 299 g/mol. The first kappa shape index (κ1) is 3970. The van der Waals surface area contributed by atoms with Gasteiger partial charge >= 0.3 is 22.5 Å². The average Bonchev–Trinajstić information content (AvgIpc) is 0. The molecule has 0 saturated heterocycles. The van der Waals surface area contributed by atoms with Crippen LogP contribution in [-0.4, -0.2) is 0 Å². The van der Waals surface area contributed by atoms with Gasteiger partial charge < -0.3 is 28.2 Å². The van der Waals surface area contributed by atoms with Gasteiger partial charge in [-0.15, -0.1) is 0 Å². The Kier molecular flexibility index (Phi) is 1370000. The predicted molar refractivity (Wildman–Crippen MR) is 1.11 cm³/mol. The molecule has 0 heterocycles. The molecule has 0 nitrogen and oxygen atoms in total. The second-order valence-corrected chi connectivity index (χ2v) is 0. The molecule has 0 bridgehead atoms. The van der Waals surface area contributed by atoms with E-state index in [2.05, 4.69) is 0 Å². The first-order valence-corrected chi connectivity index (χ1v) is 0. The van der Waals surface area contributed by atoms with Crippen molar-refractivity contribution in [3.05, 3.63) is 0 Å². The van der Waals surface area contributed by atoms with E-state index in [1.165, 1.54) is 0 Å². The van der Waals surface area contributed by atoms with Crippen LogP contribution in [0.1, 0.15) is 1.43 Å². The van der Waals surface area contributed by atoms with Crippen LogP contribution in [0, 0.1) is 0 Å². The molecule has 7 heavy (non-hydrogen) atoms. The van der Waals surface area contributed by atoms with Crippen LogP contribution in [0.3, 0.4) is 0 Å². The topological polar surface area (TPSA) is 0 Å². The fraction of sp³-hybridized carbons (Fsp3) is 0. The Hall–Kier alpha value is 0.268. The molecule has 0 radical (unpaired) electrons. The van der Waals surface area contributed by atoms with Crippen molar-refractivity contribution in [3.8, 4) is 0 Å². The van der Waals surface area contributed by atoms with Gasteiger partial charge in [0, 0.05) is 0 Å². The van der Waals surface area contributed by atoms with Crippen molar-refractivity contribution in [2.45, 2.75) is 0 Å². The molecule has 0 aromatic rings. The third kappa shape index (κ3) is 1590. The van der Waals surface area contributed by atoms with Crippen molar-refractivity contribution in [1.82, 2.24) is 0 Å². The summed E-state index contributed by atoms with van der Waals surface area (Å²) in [6.07, 6.45) is 0. The molecule has 0 spiro atoms. The van der Waals surface area contributed by atoms with E-state index in [4.69, 9.17) is 0 Å². The third-order valence-corrected chi connectivity index (χ3v) is 0. The Bertz CT molecular complexity index is 8.49. The normalized spacial score (nSPS) is 0. The first-order valence-electron chi connectivity index (χ1n) is 0. The van der Waals surface area contributed by atoms with Crippen molar-refractivity contribution in [3.63, 3.8) is 0 Å². The summed E-state index contributed by atoms with van der Waals surface area (Å²) in [5.74, 6) is 0. The zero-order valence-electron chi connectivity index (χ0n) is 3.68. The predicted octanol–water partition coefficient (Wildman–Crippen LogP) is -17.9. The summed E-state index contributed by atoms with van der Waals surface area (Å²) in [5, 5.41) is 0. The fourth-order valence-corrected chi connectivity index (χ4v) is 0. The van der Waals surface area contributed by atoms with E-state index in [0.29, 0.717) is 0 Å². The molecular weight excluding hydrogens is 298 g/mol. The molecule has 0 aliphatic heterocycles. The molecule has 0 atom stereocenters. The number of hydrogen-bond acceptors (Lipinski definition) is 0. The van der Waals surface area contributed by atoms with E-state index in [1.807, 2.05) is 0 Å². The number of halogens is 6. The molecule has 7 heteroatoms. The monoisotopic (exact) mass is 299 g/mol. The Morgan fingerprint density at radius 1 is 0.429 bits per heavy atom. The van der Waals surface area contributed by atoms with Crippen molar-refractivity contribution < 1.29 is 50.7 Å². The largest absolute Gasteiger partial charge is 4.00 e. The molecular formula is HF6W-. The van der Waals surface area contributed by atoms with E-state index in [-0.39, 0.29) is 50.7 Å². The zero-order valence-corrected chi connectivity index (χ0v) is 5.61. The smallest absolute Gasteiger partial charge is 1.00 e. The summed E-state index contributed by atoms with van der Waals surface area (Å²) in [6, 6.07) is 0. The van der Waals surface area contributed by atoms with Gasteiger partial charge in [0.05, 0.1) is 0 Å². The Morgan fingerprint density at radius 3 is 0.429 bits per heavy atom. The van der Waals surface area contributed by atoms with Crippen LogP contribution < -0.4 is 28.2 Å². The third-order valence-electron chi connectivity index (χ3n) is 0. The van der Waals surface area contributed by atoms with Crippen LogP contribution in [0.25, 0.3) is 0 Å². The quantitative estimate of drug-likeness (QED) is 0.390. The molecule has 0 amide bonds. The van der Waals surface area contributed by atoms with Gasteiger partial charge in [-0.2, -0.15) is 0 Å². The maximum absolute atomic E-state index is 0. The van der Waals surface area contributed by atoms with Gasteiger partial charge in [0.25, 0.3) is 0 Å². The van der Waals surface area contributed by atoms with Gasteiger partial charge in [-0.3, -0.25) is 0 Å². The maximum atomic E-state index is 0. The molecule has 0 aliphatic carbocycles. The number of rotatable bonds is 0. The molecule has 0 fully saturated rings. The Labute approximate surface area is 51.6 Å². The van der Waals surface area contributed by atoms with Gasteiger partial charge in [-0.25, -0.2) is 0 Å². The molecule has 0 aromatic carbocycles. The second-order valence-electron chi connectivity index (χ2n) is 0.